The highest BCUT2D eigenvalue weighted by Crippen LogP contribution is 2.39. The van der Waals surface area contributed by atoms with E-state index in [1.165, 1.54) is 11.8 Å². The zero-order valence-electron chi connectivity index (χ0n) is 14.6. The van der Waals surface area contributed by atoms with Gasteiger partial charge in [0.25, 0.3) is 5.91 Å². The van der Waals surface area contributed by atoms with Crippen molar-refractivity contribution in [2.24, 2.45) is 10.9 Å². The van der Waals surface area contributed by atoms with Gasteiger partial charge in [0.1, 0.15) is 5.75 Å². The summed E-state index contributed by atoms with van der Waals surface area (Å²) in [6.07, 6.45) is 2.62. The second kappa shape index (κ2) is 6.88. The largest absolute Gasteiger partial charge is 0.497 e. The van der Waals surface area contributed by atoms with E-state index in [9.17, 15) is 13.2 Å². The lowest BCUT2D eigenvalue weighted by Crippen LogP contribution is -2.39. The first-order chi connectivity index (χ1) is 12.4. The number of amidine groups is 1. The van der Waals surface area contributed by atoms with Crippen LogP contribution in [0.3, 0.4) is 0 Å². The molecule has 0 bridgehead atoms. The minimum absolute atomic E-state index is 0.0124. The van der Waals surface area contributed by atoms with Crippen molar-refractivity contribution in [1.29, 1.82) is 0 Å². The molecule has 3 aliphatic rings. The fourth-order valence-electron chi connectivity index (χ4n) is 3.45. The number of hydrogen-bond acceptors (Lipinski definition) is 5. The van der Waals surface area contributed by atoms with Crippen molar-refractivity contribution in [1.82, 2.24) is 4.90 Å². The number of ether oxygens (including phenoxy) is 1. The number of rotatable bonds is 5. The number of aliphatic imine (C=N–C) groups is 1. The number of amides is 1. The van der Waals surface area contributed by atoms with Gasteiger partial charge in [0.2, 0.25) is 0 Å². The Morgan fingerprint density at radius 2 is 2.00 bits per heavy atom. The Balaban J connectivity index is 1.50. The standard InChI is InChI=1S/C18H22N2O4S2/c1-24-14-6-2-12(3-7-14)8-9-20-15-10-26(22,23)11-16(15)25-18(20)19-17(21)13-4-5-13/h2-3,6-7,13,15-16H,4-5,8-11H2,1H3/t15-,16-/m0/s1. The zero-order chi connectivity index (χ0) is 18.3. The molecule has 1 saturated carbocycles. The number of thioether (sulfide) groups is 1. The molecule has 0 unspecified atom stereocenters. The monoisotopic (exact) mass is 394 g/mol. The van der Waals surface area contributed by atoms with Gasteiger partial charge in [-0.05, 0) is 37.0 Å². The molecule has 26 heavy (non-hydrogen) atoms. The molecule has 1 aromatic rings. The molecule has 1 aliphatic carbocycles. The third-order valence-electron chi connectivity index (χ3n) is 5.11. The van der Waals surface area contributed by atoms with Crippen LogP contribution in [-0.2, 0) is 21.1 Å². The van der Waals surface area contributed by atoms with Crippen LogP contribution in [0.15, 0.2) is 29.3 Å². The summed E-state index contributed by atoms with van der Waals surface area (Å²) in [6.45, 7) is 0.660. The van der Waals surface area contributed by atoms with Crippen LogP contribution >= 0.6 is 11.8 Å². The van der Waals surface area contributed by atoms with Gasteiger partial charge in [-0.25, -0.2) is 8.42 Å². The van der Waals surface area contributed by atoms with E-state index in [4.69, 9.17) is 4.74 Å². The molecular weight excluding hydrogens is 372 g/mol. The second-order valence-corrected chi connectivity index (χ2v) is 10.5. The summed E-state index contributed by atoms with van der Waals surface area (Å²) in [5, 5.41) is 0.696. The molecular formula is C18H22N2O4S2. The molecule has 3 fully saturated rings. The quantitative estimate of drug-likeness (QED) is 0.757. The van der Waals surface area contributed by atoms with Crippen molar-refractivity contribution in [3.8, 4) is 5.75 Å². The highest BCUT2D eigenvalue weighted by Gasteiger charge is 2.48. The summed E-state index contributed by atoms with van der Waals surface area (Å²) in [5.41, 5.74) is 1.15. The van der Waals surface area contributed by atoms with Gasteiger partial charge >= 0.3 is 0 Å². The molecule has 2 aliphatic heterocycles. The smallest absolute Gasteiger partial charge is 0.251 e. The van der Waals surface area contributed by atoms with Crippen LogP contribution in [0.2, 0.25) is 0 Å². The normalized spacial score (nSPS) is 28.3. The van der Waals surface area contributed by atoms with E-state index in [-0.39, 0.29) is 34.6 Å². The number of fused-ring (bicyclic) bond motifs is 1. The average molecular weight is 395 g/mol. The maximum atomic E-state index is 12.1. The van der Waals surface area contributed by atoms with Gasteiger partial charge in [0.15, 0.2) is 15.0 Å². The lowest BCUT2D eigenvalue weighted by atomic mass is 10.1. The number of carbonyl (C=O) groups excluding carboxylic acids is 1. The predicted molar refractivity (Wildman–Crippen MR) is 102 cm³/mol. The highest BCUT2D eigenvalue weighted by molar-refractivity contribution is 8.15. The van der Waals surface area contributed by atoms with Crippen molar-refractivity contribution < 1.29 is 17.9 Å². The molecule has 0 aromatic heterocycles. The van der Waals surface area contributed by atoms with Crippen molar-refractivity contribution in [2.45, 2.75) is 30.6 Å². The van der Waals surface area contributed by atoms with Crippen LogP contribution in [0.4, 0.5) is 0 Å². The third kappa shape index (κ3) is 3.76. The lowest BCUT2D eigenvalue weighted by Gasteiger charge is -2.24. The summed E-state index contributed by atoms with van der Waals surface area (Å²) in [4.78, 5) is 18.5. The van der Waals surface area contributed by atoms with Gasteiger partial charge in [-0.1, -0.05) is 23.9 Å². The lowest BCUT2D eigenvalue weighted by molar-refractivity contribution is -0.118. The fraction of sp³-hybridized carbons (Fsp3) is 0.556. The van der Waals surface area contributed by atoms with Crippen LogP contribution in [-0.4, -0.2) is 60.8 Å². The molecule has 0 spiro atoms. The van der Waals surface area contributed by atoms with E-state index in [0.717, 1.165) is 30.6 Å². The molecule has 140 valence electrons. The van der Waals surface area contributed by atoms with Gasteiger partial charge in [-0.2, -0.15) is 4.99 Å². The molecule has 1 aromatic carbocycles. The molecule has 4 rings (SSSR count). The van der Waals surface area contributed by atoms with E-state index in [1.54, 1.807) is 7.11 Å². The maximum Gasteiger partial charge on any atom is 0.251 e. The van der Waals surface area contributed by atoms with Crippen molar-refractivity contribution in [2.75, 3.05) is 25.2 Å². The number of hydrogen-bond donors (Lipinski definition) is 0. The summed E-state index contributed by atoms with van der Waals surface area (Å²) in [6, 6.07) is 7.79. The first-order valence-electron chi connectivity index (χ1n) is 8.84. The van der Waals surface area contributed by atoms with E-state index in [1.807, 2.05) is 29.2 Å². The number of nitrogens with zero attached hydrogens (tertiary/aromatic N) is 2. The molecule has 2 heterocycles. The number of methoxy groups -OCH3 is 1. The van der Waals surface area contributed by atoms with Gasteiger partial charge in [0, 0.05) is 17.7 Å². The predicted octanol–water partition coefficient (Wildman–Crippen LogP) is 1.74. The van der Waals surface area contributed by atoms with Crippen molar-refractivity contribution in [3.63, 3.8) is 0 Å². The molecule has 8 heteroatoms. The molecule has 2 saturated heterocycles. The van der Waals surface area contributed by atoms with Crippen LogP contribution < -0.4 is 4.74 Å². The molecule has 0 N–H and O–H groups in total. The van der Waals surface area contributed by atoms with Crippen molar-refractivity contribution in [3.05, 3.63) is 29.8 Å². The summed E-state index contributed by atoms with van der Waals surface area (Å²) >= 11 is 1.46. The van der Waals surface area contributed by atoms with Crippen LogP contribution in [0, 0.1) is 5.92 Å². The van der Waals surface area contributed by atoms with Gasteiger partial charge in [-0.3, -0.25) is 4.79 Å². The number of carbonyl (C=O) groups is 1. The Morgan fingerprint density at radius 3 is 2.65 bits per heavy atom. The Bertz CT molecular complexity index is 831. The summed E-state index contributed by atoms with van der Waals surface area (Å²) < 4.78 is 29.2. The minimum Gasteiger partial charge on any atom is -0.497 e. The van der Waals surface area contributed by atoms with Gasteiger partial charge < -0.3 is 9.64 Å². The van der Waals surface area contributed by atoms with E-state index >= 15 is 0 Å². The van der Waals surface area contributed by atoms with Gasteiger partial charge in [0.05, 0.1) is 24.7 Å². The average Bonchev–Trinajstić information content (AvgIpc) is 3.35. The Hall–Kier alpha value is -1.54. The van der Waals surface area contributed by atoms with Crippen LogP contribution in [0.25, 0.3) is 0 Å². The first-order valence-corrected chi connectivity index (χ1v) is 11.5. The van der Waals surface area contributed by atoms with Crippen LogP contribution in [0.5, 0.6) is 5.75 Å². The molecule has 1 amide bonds. The zero-order valence-corrected chi connectivity index (χ0v) is 16.3. The minimum atomic E-state index is -3.01. The third-order valence-corrected chi connectivity index (χ3v) is 8.36. The topological polar surface area (TPSA) is 76.0 Å². The molecule has 0 radical (unpaired) electrons. The molecule has 2 atom stereocenters. The highest BCUT2D eigenvalue weighted by atomic mass is 32.2. The first kappa shape index (κ1) is 17.9. The van der Waals surface area contributed by atoms with E-state index < -0.39 is 9.84 Å². The summed E-state index contributed by atoms with van der Waals surface area (Å²) in [5.74, 6) is 1.17. The second-order valence-electron chi connectivity index (χ2n) is 7.10. The maximum absolute atomic E-state index is 12.1. The Morgan fingerprint density at radius 1 is 1.27 bits per heavy atom. The SMILES string of the molecule is COc1ccc(CCN2C(=NC(=O)C3CC3)S[C@H]3CS(=O)(=O)C[C@@H]32)cc1. The summed E-state index contributed by atoms with van der Waals surface area (Å²) in [7, 11) is -1.37. The number of sulfone groups is 1. The fourth-order valence-corrected chi connectivity index (χ4v) is 7.44. The molecule has 6 nitrogen and oxygen atoms in total. The number of benzene rings is 1. The Kier molecular flexibility index (Phi) is 4.73. The van der Waals surface area contributed by atoms with E-state index in [0.29, 0.717) is 11.7 Å². The van der Waals surface area contributed by atoms with Crippen LogP contribution in [0.1, 0.15) is 18.4 Å². The van der Waals surface area contributed by atoms with Gasteiger partial charge in [-0.15, -0.1) is 0 Å². The van der Waals surface area contributed by atoms with E-state index in [2.05, 4.69) is 4.99 Å². The Labute approximate surface area is 157 Å². The van der Waals surface area contributed by atoms with Crippen molar-refractivity contribution >= 4 is 32.7 Å².